The molecule has 0 bridgehead atoms. The van der Waals surface area contributed by atoms with Gasteiger partial charge in [-0.2, -0.15) is 0 Å². The van der Waals surface area contributed by atoms with Crippen molar-refractivity contribution in [1.82, 2.24) is 0 Å². The second-order valence-electron chi connectivity index (χ2n) is 3.29. The van der Waals surface area contributed by atoms with Crippen molar-refractivity contribution in [2.75, 3.05) is 13.2 Å². The van der Waals surface area contributed by atoms with Gasteiger partial charge in [0.25, 0.3) is 0 Å². The van der Waals surface area contributed by atoms with E-state index in [0.29, 0.717) is 6.61 Å². The van der Waals surface area contributed by atoms with Crippen LogP contribution in [-0.2, 0) is 9.47 Å². The van der Waals surface area contributed by atoms with Gasteiger partial charge < -0.3 is 19.7 Å². The molecule has 74 valence electrons. The molecule has 2 atom stereocenters. The van der Waals surface area contributed by atoms with Gasteiger partial charge in [0.05, 0.1) is 6.61 Å². The van der Waals surface area contributed by atoms with Crippen molar-refractivity contribution in [2.24, 2.45) is 0 Å². The maximum atomic E-state index is 9.42. The van der Waals surface area contributed by atoms with E-state index >= 15 is 0 Å². The van der Waals surface area contributed by atoms with Gasteiger partial charge in [0.2, 0.25) is 0 Å². The molecule has 0 aliphatic carbocycles. The fraction of sp³-hybridized carbons (Fsp3) is 0.778. The van der Waals surface area contributed by atoms with Crippen LogP contribution in [-0.4, -0.2) is 41.4 Å². The molecule has 2 N–H and O–H groups in total. The van der Waals surface area contributed by atoms with Crippen LogP contribution < -0.4 is 0 Å². The van der Waals surface area contributed by atoms with Gasteiger partial charge in [-0.3, -0.25) is 0 Å². The first kappa shape index (κ1) is 10.5. The molecule has 13 heavy (non-hydrogen) atoms. The van der Waals surface area contributed by atoms with Gasteiger partial charge in [-0.1, -0.05) is 11.8 Å². The Morgan fingerprint density at radius 1 is 1.62 bits per heavy atom. The molecule has 4 heteroatoms. The van der Waals surface area contributed by atoms with E-state index in [1.54, 1.807) is 13.8 Å². The summed E-state index contributed by atoms with van der Waals surface area (Å²) < 4.78 is 10.6. The van der Waals surface area contributed by atoms with E-state index in [4.69, 9.17) is 14.6 Å². The summed E-state index contributed by atoms with van der Waals surface area (Å²) in [4.78, 5) is 0. The van der Waals surface area contributed by atoms with Crippen molar-refractivity contribution < 1.29 is 19.7 Å². The van der Waals surface area contributed by atoms with Crippen molar-refractivity contribution in [3.63, 3.8) is 0 Å². The van der Waals surface area contributed by atoms with E-state index in [-0.39, 0.29) is 6.61 Å². The minimum atomic E-state index is -0.895. The Hall–Kier alpha value is -0.600. The highest BCUT2D eigenvalue weighted by Crippen LogP contribution is 2.23. The quantitative estimate of drug-likeness (QED) is 0.542. The molecule has 1 fully saturated rings. The van der Waals surface area contributed by atoms with E-state index < -0.39 is 18.0 Å². The normalized spacial score (nSPS) is 27.8. The molecule has 1 aliphatic heterocycles. The van der Waals surface area contributed by atoms with Crippen LogP contribution >= 0.6 is 0 Å². The highest BCUT2D eigenvalue weighted by atomic mass is 16.7. The van der Waals surface area contributed by atoms with Crippen LogP contribution in [0.15, 0.2) is 0 Å². The number of aliphatic hydroxyl groups is 2. The molecule has 0 amide bonds. The van der Waals surface area contributed by atoms with E-state index in [1.807, 2.05) is 0 Å². The maximum absolute atomic E-state index is 9.42. The Morgan fingerprint density at radius 2 is 2.31 bits per heavy atom. The zero-order valence-electron chi connectivity index (χ0n) is 7.78. The zero-order valence-corrected chi connectivity index (χ0v) is 7.78. The minimum absolute atomic E-state index is 0.256. The van der Waals surface area contributed by atoms with Crippen LogP contribution in [0.4, 0.5) is 0 Å². The van der Waals surface area contributed by atoms with E-state index in [0.717, 1.165) is 0 Å². The Labute approximate surface area is 77.5 Å². The number of rotatable bonds is 1. The third kappa shape index (κ3) is 2.98. The Morgan fingerprint density at radius 3 is 2.77 bits per heavy atom. The molecule has 1 heterocycles. The number of hydrogen-bond acceptors (Lipinski definition) is 4. The van der Waals surface area contributed by atoms with Crippen molar-refractivity contribution in [1.29, 1.82) is 0 Å². The molecule has 0 saturated carbocycles. The Balaban J connectivity index is 2.46. The average molecular weight is 186 g/mol. The molecule has 0 aromatic carbocycles. The third-order valence-electron chi connectivity index (χ3n) is 1.71. The molecular weight excluding hydrogens is 172 g/mol. The van der Waals surface area contributed by atoms with Crippen molar-refractivity contribution >= 4 is 0 Å². The fourth-order valence-corrected chi connectivity index (χ4v) is 1.11. The lowest BCUT2D eigenvalue weighted by molar-refractivity contribution is -0.146. The van der Waals surface area contributed by atoms with Gasteiger partial charge in [-0.05, 0) is 13.8 Å². The SMILES string of the molecule is CC1(C)OC[C@@H](C(O)C#CCO)O1. The predicted molar refractivity (Wildman–Crippen MR) is 45.8 cm³/mol. The molecule has 1 unspecified atom stereocenters. The lowest BCUT2D eigenvalue weighted by Crippen LogP contribution is -2.29. The number of ether oxygens (including phenoxy) is 2. The van der Waals surface area contributed by atoms with Crippen molar-refractivity contribution in [3.05, 3.63) is 0 Å². The highest BCUT2D eigenvalue weighted by molar-refractivity contribution is 5.07. The van der Waals surface area contributed by atoms with Crippen LogP contribution in [0, 0.1) is 11.8 Å². The molecule has 0 radical (unpaired) electrons. The van der Waals surface area contributed by atoms with E-state index in [2.05, 4.69) is 11.8 Å². The highest BCUT2D eigenvalue weighted by Gasteiger charge is 2.36. The van der Waals surface area contributed by atoms with E-state index in [1.165, 1.54) is 0 Å². The summed E-state index contributed by atoms with van der Waals surface area (Å²) >= 11 is 0. The summed E-state index contributed by atoms with van der Waals surface area (Å²) in [6, 6.07) is 0. The first-order valence-electron chi connectivity index (χ1n) is 4.14. The average Bonchev–Trinajstić information content (AvgIpc) is 2.42. The fourth-order valence-electron chi connectivity index (χ4n) is 1.11. The molecule has 0 aromatic heterocycles. The van der Waals surface area contributed by atoms with Gasteiger partial charge in [0, 0.05) is 0 Å². The lowest BCUT2D eigenvalue weighted by atomic mass is 10.2. The standard InChI is InChI=1S/C9H14O4/c1-9(2)12-6-8(13-9)7(11)4-3-5-10/h7-8,10-11H,5-6H2,1-2H3/t7?,8-/m0/s1. The summed E-state index contributed by atoms with van der Waals surface area (Å²) in [5.74, 6) is 4.19. The molecule has 1 aliphatic rings. The summed E-state index contributed by atoms with van der Waals surface area (Å²) in [5, 5.41) is 17.8. The Kier molecular flexibility index (Phi) is 3.28. The lowest BCUT2D eigenvalue weighted by Gasteiger charge is -2.17. The molecular formula is C9H14O4. The van der Waals surface area contributed by atoms with Gasteiger partial charge in [0.15, 0.2) is 5.79 Å². The van der Waals surface area contributed by atoms with Crippen LogP contribution in [0.2, 0.25) is 0 Å². The summed E-state index contributed by atoms with van der Waals surface area (Å²) in [5.41, 5.74) is 0. The molecule has 1 rings (SSSR count). The maximum Gasteiger partial charge on any atom is 0.163 e. The smallest absolute Gasteiger partial charge is 0.163 e. The topological polar surface area (TPSA) is 58.9 Å². The minimum Gasteiger partial charge on any atom is -0.384 e. The first-order valence-corrected chi connectivity index (χ1v) is 4.14. The van der Waals surface area contributed by atoms with Crippen LogP contribution in [0.3, 0.4) is 0 Å². The predicted octanol–water partition coefficient (Wildman–Crippen LogP) is -0.505. The molecule has 0 spiro atoms. The summed E-state index contributed by atoms with van der Waals surface area (Å²) in [6.07, 6.45) is -1.32. The van der Waals surface area contributed by atoms with Crippen molar-refractivity contribution in [2.45, 2.75) is 31.8 Å². The van der Waals surface area contributed by atoms with Gasteiger partial charge in [0.1, 0.15) is 18.8 Å². The first-order chi connectivity index (χ1) is 6.05. The Bertz CT molecular complexity index is 226. The number of hydrogen-bond donors (Lipinski definition) is 2. The summed E-state index contributed by atoms with van der Waals surface area (Å²) in [6.45, 7) is 3.63. The third-order valence-corrected chi connectivity index (χ3v) is 1.71. The van der Waals surface area contributed by atoms with Gasteiger partial charge in [-0.25, -0.2) is 0 Å². The van der Waals surface area contributed by atoms with Crippen LogP contribution in [0.1, 0.15) is 13.8 Å². The van der Waals surface area contributed by atoms with Gasteiger partial charge >= 0.3 is 0 Å². The zero-order chi connectivity index (χ0) is 9.90. The van der Waals surface area contributed by atoms with E-state index in [9.17, 15) is 5.11 Å². The number of aliphatic hydroxyl groups excluding tert-OH is 2. The second-order valence-corrected chi connectivity index (χ2v) is 3.29. The second kappa shape index (κ2) is 4.07. The van der Waals surface area contributed by atoms with Crippen molar-refractivity contribution in [3.8, 4) is 11.8 Å². The molecule has 0 aromatic rings. The van der Waals surface area contributed by atoms with Crippen LogP contribution in [0.5, 0.6) is 0 Å². The van der Waals surface area contributed by atoms with Crippen LogP contribution in [0.25, 0.3) is 0 Å². The monoisotopic (exact) mass is 186 g/mol. The largest absolute Gasteiger partial charge is 0.384 e. The molecule has 1 saturated heterocycles. The summed E-state index contributed by atoms with van der Waals surface area (Å²) in [7, 11) is 0. The van der Waals surface area contributed by atoms with Gasteiger partial charge in [-0.15, -0.1) is 0 Å². The molecule has 4 nitrogen and oxygen atoms in total.